The lowest BCUT2D eigenvalue weighted by molar-refractivity contribution is -1.02. The largest absolute Gasteiger partial charge is 0.322 e. The number of hydrogen-bond acceptors (Lipinski definition) is 1. The lowest BCUT2D eigenvalue weighted by Gasteiger charge is -2.29. The Morgan fingerprint density at radius 3 is 2.04 bits per heavy atom. The molecule has 1 saturated heterocycles. The smallest absolute Gasteiger partial charge is 0.255 e. The van der Waals surface area contributed by atoms with Crippen molar-refractivity contribution in [2.24, 2.45) is 0 Å². The minimum atomic E-state index is 0.0252. The molecule has 4 nitrogen and oxygen atoms in total. The number of amides is 1. The Bertz CT molecular complexity index is 607. The van der Waals surface area contributed by atoms with Crippen LogP contribution < -0.4 is 15.1 Å². The Morgan fingerprint density at radius 1 is 0.826 bits per heavy atom. The molecule has 3 rings (SSSR count). The second-order valence-electron chi connectivity index (χ2n) is 6.21. The molecule has 0 bridgehead atoms. The molecule has 0 aliphatic carbocycles. The molecule has 1 aliphatic heterocycles. The maximum absolute atomic E-state index is 12.1. The summed E-state index contributed by atoms with van der Waals surface area (Å²) in [6.07, 6.45) is 0. The first kappa shape index (κ1) is 15.7. The quantitative estimate of drug-likeness (QED) is 0.675. The van der Waals surface area contributed by atoms with Crippen molar-refractivity contribution < 1.29 is 14.6 Å². The van der Waals surface area contributed by atoms with Gasteiger partial charge in [-0.15, -0.1) is 0 Å². The number of nitrogens with one attached hydrogen (secondary N) is 3. The van der Waals surface area contributed by atoms with Crippen molar-refractivity contribution in [1.29, 1.82) is 0 Å². The molecule has 0 spiro atoms. The highest BCUT2D eigenvalue weighted by Crippen LogP contribution is 1.97. The minimum absolute atomic E-state index is 0.0252. The Labute approximate surface area is 137 Å². The van der Waals surface area contributed by atoms with E-state index < -0.39 is 0 Å². The van der Waals surface area contributed by atoms with E-state index in [1.807, 2.05) is 30.3 Å². The zero-order valence-electron chi connectivity index (χ0n) is 13.4. The van der Waals surface area contributed by atoms with Gasteiger partial charge in [0, 0.05) is 11.1 Å². The number of hydrogen-bond donors (Lipinski definition) is 3. The second-order valence-corrected chi connectivity index (χ2v) is 6.21. The third-order valence-electron chi connectivity index (χ3n) is 4.50. The number of rotatable bonds is 5. The summed E-state index contributed by atoms with van der Waals surface area (Å²) < 4.78 is 0. The van der Waals surface area contributed by atoms with Crippen molar-refractivity contribution in [2.75, 3.05) is 32.8 Å². The summed E-state index contributed by atoms with van der Waals surface area (Å²) in [5.41, 5.74) is 2.14. The number of quaternary nitrogens is 2. The highest BCUT2D eigenvalue weighted by Gasteiger charge is 2.23. The number of carbonyl (C=O) groups is 1. The molecule has 1 aliphatic rings. The molecule has 0 atom stereocenters. The molecular formula is C19H25N3O+2. The molecule has 0 aromatic heterocycles. The lowest BCUT2D eigenvalue weighted by Crippen LogP contribution is -3.28. The highest BCUT2D eigenvalue weighted by molar-refractivity contribution is 5.93. The van der Waals surface area contributed by atoms with Crippen LogP contribution in [0.2, 0.25) is 0 Å². The van der Waals surface area contributed by atoms with Crippen LogP contribution in [0.3, 0.4) is 0 Å². The highest BCUT2D eigenvalue weighted by atomic mass is 16.1. The average molecular weight is 311 g/mol. The van der Waals surface area contributed by atoms with Gasteiger partial charge in [-0.1, -0.05) is 48.5 Å². The van der Waals surface area contributed by atoms with Crippen LogP contribution in [0.1, 0.15) is 15.9 Å². The number of piperazine rings is 1. The standard InChI is InChI=1S/C19H23N3O/c23-19(18-9-5-2-6-10-18)20-16-22-13-11-21(12-14-22)15-17-7-3-1-4-8-17/h1-10H,11-16H2,(H,20,23)/p+2. The molecule has 3 N–H and O–H groups in total. The molecule has 2 aromatic carbocycles. The van der Waals surface area contributed by atoms with Gasteiger partial charge >= 0.3 is 0 Å². The maximum Gasteiger partial charge on any atom is 0.255 e. The molecule has 1 heterocycles. The van der Waals surface area contributed by atoms with Gasteiger partial charge in [-0.2, -0.15) is 0 Å². The fourth-order valence-electron chi connectivity index (χ4n) is 3.09. The molecule has 1 amide bonds. The van der Waals surface area contributed by atoms with Crippen molar-refractivity contribution in [3.8, 4) is 0 Å². The van der Waals surface area contributed by atoms with E-state index in [0.29, 0.717) is 6.67 Å². The van der Waals surface area contributed by atoms with Crippen molar-refractivity contribution in [2.45, 2.75) is 6.54 Å². The Hall–Kier alpha value is -2.17. The molecule has 0 radical (unpaired) electrons. The topological polar surface area (TPSA) is 38.0 Å². The summed E-state index contributed by atoms with van der Waals surface area (Å²) in [4.78, 5) is 15.2. The van der Waals surface area contributed by atoms with E-state index in [1.165, 1.54) is 10.5 Å². The van der Waals surface area contributed by atoms with E-state index in [4.69, 9.17) is 0 Å². The number of benzene rings is 2. The summed E-state index contributed by atoms with van der Waals surface area (Å²) in [6, 6.07) is 20.1. The normalized spacial score (nSPS) is 20.9. The maximum atomic E-state index is 12.1. The van der Waals surface area contributed by atoms with Gasteiger partial charge < -0.3 is 15.1 Å². The van der Waals surface area contributed by atoms with Gasteiger partial charge in [0.25, 0.3) is 5.91 Å². The predicted octanol–water partition coefficient (Wildman–Crippen LogP) is -0.642. The third kappa shape index (κ3) is 4.65. The molecule has 120 valence electrons. The molecular weight excluding hydrogens is 286 g/mol. The molecule has 1 fully saturated rings. The van der Waals surface area contributed by atoms with Crippen molar-refractivity contribution >= 4 is 5.91 Å². The first-order valence-corrected chi connectivity index (χ1v) is 8.35. The van der Waals surface area contributed by atoms with Crippen LogP contribution in [0.5, 0.6) is 0 Å². The summed E-state index contributed by atoms with van der Waals surface area (Å²) >= 11 is 0. The lowest BCUT2D eigenvalue weighted by atomic mass is 10.2. The van der Waals surface area contributed by atoms with Crippen LogP contribution in [-0.2, 0) is 6.54 Å². The van der Waals surface area contributed by atoms with Crippen LogP contribution in [0.25, 0.3) is 0 Å². The zero-order chi connectivity index (χ0) is 15.9. The van der Waals surface area contributed by atoms with Gasteiger partial charge in [0.05, 0.1) is 0 Å². The molecule has 23 heavy (non-hydrogen) atoms. The first-order valence-electron chi connectivity index (χ1n) is 8.35. The fourth-order valence-corrected chi connectivity index (χ4v) is 3.09. The Balaban J connectivity index is 1.40. The predicted molar refractivity (Wildman–Crippen MR) is 90.3 cm³/mol. The Morgan fingerprint density at radius 2 is 1.39 bits per heavy atom. The van der Waals surface area contributed by atoms with E-state index in [9.17, 15) is 4.79 Å². The summed E-state index contributed by atoms with van der Waals surface area (Å²) in [7, 11) is 0. The molecule has 4 heteroatoms. The van der Waals surface area contributed by atoms with Crippen LogP contribution in [0, 0.1) is 0 Å². The Kier molecular flexibility index (Phi) is 5.40. The van der Waals surface area contributed by atoms with Crippen LogP contribution in [0.4, 0.5) is 0 Å². The van der Waals surface area contributed by atoms with E-state index in [0.717, 1.165) is 38.3 Å². The monoisotopic (exact) mass is 311 g/mol. The molecule has 2 aromatic rings. The zero-order valence-corrected chi connectivity index (χ0v) is 13.4. The fraction of sp³-hybridized carbons (Fsp3) is 0.316. The minimum Gasteiger partial charge on any atom is -0.322 e. The van der Waals surface area contributed by atoms with Crippen molar-refractivity contribution in [3.05, 3.63) is 71.8 Å². The van der Waals surface area contributed by atoms with E-state index in [2.05, 4.69) is 35.6 Å². The van der Waals surface area contributed by atoms with Gasteiger partial charge in [-0.3, -0.25) is 4.79 Å². The van der Waals surface area contributed by atoms with Crippen molar-refractivity contribution in [3.63, 3.8) is 0 Å². The van der Waals surface area contributed by atoms with Gasteiger partial charge in [0.15, 0.2) is 6.67 Å². The third-order valence-corrected chi connectivity index (χ3v) is 4.50. The van der Waals surface area contributed by atoms with Crippen LogP contribution >= 0.6 is 0 Å². The summed E-state index contributed by atoms with van der Waals surface area (Å²) in [5.74, 6) is 0.0252. The van der Waals surface area contributed by atoms with E-state index in [1.54, 1.807) is 4.90 Å². The summed E-state index contributed by atoms with van der Waals surface area (Å²) in [6.45, 7) is 6.35. The van der Waals surface area contributed by atoms with Crippen LogP contribution in [0.15, 0.2) is 60.7 Å². The molecule has 0 saturated carbocycles. The number of carbonyl (C=O) groups excluding carboxylic acids is 1. The molecule has 0 unspecified atom stereocenters. The van der Waals surface area contributed by atoms with Crippen molar-refractivity contribution in [1.82, 2.24) is 5.32 Å². The van der Waals surface area contributed by atoms with Gasteiger partial charge in [0.1, 0.15) is 32.7 Å². The van der Waals surface area contributed by atoms with Crippen LogP contribution in [-0.4, -0.2) is 38.8 Å². The van der Waals surface area contributed by atoms with E-state index in [-0.39, 0.29) is 5.91 Å². The average Bonchev–Trinajstić information content (AvgIpc) is 2.62. The first-order chi connectivity index (χ1) is 11.3. The van der Waals surface area contributed by atoms with E-state index >= 15 is 0 Å². The van der Waals surface area contributed by atoms with Gasteiger partial charge in [-0.05, 0) is 12.1 Å². The van der Waals surface area contributed by atoms with Gasteiger partial charge in [-0.25, -0.2) is 0 Å². The van der Waals surface area contributed by atoms with Gasteiger partial charge in [0.2, 0.25) is 0 Å². The second kappa shape index (κ2) is 7.90. The SMILES string of the molecule is O=C(NC[NH+]1CC[NH+](Cc2ccccc2)CC1)c1ccccc1. The summed E-state index contributed by atoms with van der Waals surface area (Å²) in [5, 5.41) is 3.05.